The number of rotatable bonds is 4. The van der Waals surface area contributed by atoms with Crippen LogP contribution in [0, 0.1) is 0 Å². The Balaban J connectivity index is 1.74. The van der Waals surface area contributed by atoms with Crippen molar-refractivity contribution in [2.45, 2.75) is 18.5 Å². The number of hydrogen-bond acceptors (Lipinski definition) is 4. The normalized spacial score (nSPS) is 21.0. The van der Waals surface area contributed by atoms with Gasteiger partial charge in [0.05, 0.1) is 12.7 Å². The van der Waals surface area contributed by atoms with Gasteiger partial charge in [-0.3, -0.25) is 4.90 Å². The largest absolute Gasteiger partial charge is 0.465 e. The number of ether oxygens (including phenoxy) is 1. The van der Waals surface area contributed by atoms with Crippen LogP contribution in [0.2, 0.25) is 5.02 Å². The van der Waals surface area contributed by atoms with Gasteiger partial charge < -0.3 is 10.5 Å². The van der Waals surface area contributed by atoms with E-state index >= 15 is 0 Å². The molecule has 2 aromatic carbocycles. The summed E-state index contributed by atoms with van der Waals surface area (Å²) in [5.74, 6) is -0.0398. The first-order chi connectivity index (χ1) is 11.6. The number of halogens is 1. The third-order valence-electron chi connectivity index (χ3n) is 4.53. The van der Waals surface area contributed by atoms with Gasteiger partial charge in [0.2, 0.25) is 0 Å². The minimum Gasteiger partial charge on any atom is -0.465 e. The molecule has 0 bridgehead atoms. The summed E-state index contributed by atoms with van der Waals surface area (Å²) in [6.07, 6.45) is 0. The van der Waals surface area contributed by atoms with Crippen molar-refractivity contribution in [2.75, 3.05) is 20.2 Å². The van der Waals surface area contributed by atoms with Crippen molar-refractivity contribution in [1.29, 1.82) is 0 Å². The summed E-state index contributed by atoms with van der Waals surface area (Å²) in [7, 11) is 1.38. The zero-order valence-corrected chi connectivity index (χ0v) is 14.4. The van der Waals surface area contributed by atoms with Crippen molar-refractivity contribution in [3.8, 4) is 0 Å². The lowest BCUT2D eigenvalue weighted by atomic mass is 9.95. The Morgan fingerprint density at radius 3 is 2.71 bits per heavy atom. The minimum atomic E-state index is -0.354. The van der Waals surface area contributed by atoms with Crippen molar-refractivity contribution in [1.82, 2.24) is 4.90 Å². The number of nitrogens with zero attached hydrogens (tertiary/aromatic N) is 1. The van der Waals surface area contributed by atoms with Crippen molar-refractivity contribution >= 4 is 17.6 Å². The zero-order chi connectivity index (χ0) is 17.1. The van der Waals surface area contributed by atoms with Gasteiger partial charge in [-0.2, -0.15) is 0 Å². The summed E-state index contributed by atoms with van der Waals surface area (Å²) >= 11 is 6.30. The predicted molar refractivity (Wildman–Crippen MR) is 95.2 cm³/mol. The van der Waals surface area contributed by atoms with Crippen LogP contribution in [0.15, 0.2) is 48.5 Å². The molecular formula is C19H21ClN2O2. The highest BCUT2D eigenvalue weighted by atomic mass is 35.5. The molecule has 0 spiro atoms. The minimum absolute atomic E-state index is 0.0926. The van der Waals surface area contributed by atoms with E-state index in [0.717, 1.165) is 18.7 Å². The summed E-state index contributed by atoms with van der Waals surface area (Å²) in [6.45, 7) is 2.35. The van der Waals surface area contributed by atoms with Crippen LogP contribution >= 0.6 is 11.6 Å². The van der Waals surface area contributed by atoms with Crippen LogP contribution in [0.3, 0.4) is 0 Å². The first-order valence-corrected chi connectivity index (χ1v) is 8.36. The Labute approximate surface area is 147 Å². The molecule has 1 heterocycles. The molecule has 0 saturated carbocycles. The number of esters is 1. The fourth-order valence-corrected chi connectivity index (χ4v) is 3.45. The SMILES string of the molecule is COC(=O)c1ccc(Cl)c(CN2C[C@@H](N)[C@H](c3ccccc3)C2)c1. The van der Waals surface area contributed by atoms with Crippen LogP contribution in [0.4, 0.5) is 0 Å². The number of hydrogen-bond donors (Lipinski definition) is 1. The quantitative estimate of drug-likeness (QED) is 0.866. The molecule has 1 fully saturated rings. The Bertz CT molecular complexity index is 721. The third kappa shape index (κ3) is 3.61. The second-order valence-corrected chi connectivity index (χ2v) is 6.58. The molecule has 0 unspecified atom stereocenters. The molecule has 1 aliphatic rings. The van der Waals surface area contributed by atoms with E-state index in [1.807, 2.05) is 18.2 Å². The second kappa shape index (κ2) is 7.34. The number of methoxy groups -OCH3 is 1. The van der Waals surface area contributed by atoms with E-state index < -0.39 is 0 Å². The maximum absolute atomic E-state index is 11.7. The molecule has 0 aromatic heterocycles. The molecule has 5 heteroatoms. The van der Waals surface area contributed by atoms with Crippen LogP contribution in [0.5, 0.6) is 0 Å². The second-order valence-electron chi connectivity index (χ2n) is 6.17. The van der Waals surface area contributed by atoms with Crippen LogP contribution < -0.4 is 5.73 Å². The monoisotopic (exact) mass is 344 g/mol. The Hall–Kier alpha value is -1.88. The van der Waals surface area contributed by atoms with Gasteiger partial charge >= 0.3 is 5.97 Å². The molecule has 0 aliphatic carbocycles. The van der Waals surface area contributed by atoms with Gasteiger partial charge in [-0.15, -0.1) is 0 Å². The molecule has 4 nitrogen and oxygen atoms in total. The maximum atomic E-state index is 11.7. The highest BCUT2D eigenvalue weighted by Crippen LogP contribution is 2.29. The molecule has 0 radical (unpaired) electrons. The Morgan fingerprint density at radius 2 is 2.00 bits per heavy atom. The lowest BCUT2D eigenvalue weighted by Crippen LogP contribution is -2.28. The smallest absolute Gasteiger partial charge is 0.337 e. The first kappa shape index (κ1) is 17.0. The van der Waals surface area contributed by atoms with Crippen LogP contribution in [0.1, 0.15) is 27.4 Å². The van der Waals surface area contributed by atoms with Crippen LogP contribution in [-0.2, 0) is 11.3 Å². The molecule has 1 saturated heterocycles. The van der Waals surface area contributed by atoms with E-state index in [2.05, 4.69) is 17.0 Å². The summed E-state index contributed by atoms with van der Waals surface area (Å²) in [5, 5.41) is 0.652. The molecule has 126 valence electrons. The summed E-state index contributed by atoms with van der Waals surface area (Å²) in [6, 6.07) is 15.7. The zero-order valence-electron chi connectivity index (χ0n) is 13.6. The van der Waals surface area contributed by atoms with Gasteiger partial charge in [0.15, 0.2) is 0 Å². The summed E-state index contributed by atoms with van der Waals surface area (Å²) in [5.41, 5.74) is 9.04. The molecule has 3 rings (SSSR count). The van der Waals surface area contributed by atoms with Crippen molar-refractivity contribution in [3.05, 3.63) is 70.2 Å². The predicted octanol–water partition coefficient (Wildman–Crippen LogP) is 3.05. The van der Waals surface area contributed by atoms with E-state index in [9.17, 15) is 4.79 Å². The first-order valence-electron chi connectivity index (χ1n) is 7.98. The average molecular weight is 345 g/mol. The van der Waals surface area contributed by atoms with Gasteiger partial charge in [-0.25, -0.2) is 4.79 Å². The van der Waals surface area contributed by atoms with Crippen LogP contribution in [0.25, 0.3) is 0 Å². The lowest BCUT2D eigenvalue weighted by Gasteiger charge is -2.17. The Kier molecular flexibility index (Phi) is 5.19. The number of likely N-dealkylation sites (tertiary alicyclic amines) is 1. The van der Waals surface area contributed by atoms with Gasteiger partial charge in [-0.05, 0) is 29.3 Å². The molecule has 24 heavy (non-hydrogen) atoms. The van der Waals surface area contributed by atoms with E-state index in [4.69, 9.17) is 22.1 Å². The fourth-order valence-electron chi connectivity index (χ4n) is 3.28. The summed E-state index contributed by atoms with van der Waals surface area (Å²) in [4.78, 5) is 14.0. The van der Waals surface area contributed by atoms with Crippen molar-refractivity contribution < 1.29 is 9.53 Å². The third-order valence-corrected chi connectivity index (χ3v) is 4.90. The van der Waals surface area contributed by atoms with Crippen LogP contribution in [-0.4, -0.2) is 37.1 Å². The molecule has 2 atom stereocenters. The number of benzene rings is 2. The fraction of sp³-hybridized carbons (Fsp3) is 0.316. The number of carbonyl (C=O) groups is 1. The van der Waals surface area contributed by atoms with E-state index in [1.54, 1.807) is 18.2 Å². The highest BCUT2D eigenvalue weighted by Gasteiger charge is 2.31. The number of carbonyl (C=O) groups excluding carboxylic acids is 1. The Morgan fingerprint density at radius 1 is 1.25 bits per heavy atom. The highest BCUT2D eigenvalue weighted by molar-refractivity contribution is 6.31. The van der Waals surface area contributed by atoms with Crippen molar-refractivity contribution in [2.24, 2.45) is 5.73 Å². The average Bonchev–Trinajstić information content (AvgIpc) is 2.97. The van der Waals surface area contributed by atoms with Crippen molar-refractivity contribution in [3.63, 3.8) is 0 Å². The van der Waals surface area contributed by atoms with Gasteiger partial charge in [-0.1, -0.05) is 41.9 Å². The molecule has 2 N–H and O–H groups in total. The van der Waals surface area contributed by atoms with Gasteiger partial charge in [0.1, 0.15) is 0 Å². The summed E-state index contributed by atoms with van der Waals surface area (Å²) < 4.78 is 4.78. The van der Waals surface area contributed by atoms with Gasteiger partial charge in [0, 0.05) is 36.6 Å². The van der Waals surface area contributed by atoms with E-state index in [1.165, 1.54) is 12.7 Å². The topological polar surface area (TPSA) is 55.6 Å². The molecular weight excluding hydrogens is 324 g/mol. The lowest BCUT2D eigenvalue weighted by molar-refractivity contribution is 0.0600. The molecule has 2 aromatic rings. The standard InChI is InChI=1S/C19H21ClN2O2/c1-24-19(23)14-7-8-17(20)15(9-14)10-22-11-16(18(21)12-22)13-5-3-2-4-6-13/h2-9,16,18H,10-12,21H2,1H3/t16-,18+/m0/s1. The van der Waals surface area contributed by atoms with E-state index in [0.29, 0.717) is 23.0 Å². The van der Waals surface area contributed by atoms with Gasteiger partial charge in [0.25, 0.3) is 0 Å². The number of nitrogens with two attached hydrogens (primary N) is 1. The molecule has 1 aliphatic heterocycles. The molecule has 0 amide bonds. The van der Waals surface area contributed by atoms with E-state index in [-0.39, 0.29) is 12.0 Å². The maximum Gasteiger partial charge on any atom is 0.337 e.